The zero-order chi connectivity index (χ0) is 29.5. The van der Waals surface area contributed by atoms with Crippen LogP contribution in [0.25, 0.3) is 0 Å². The summed E-state index contributed by atoms with van der Waals surface area (Å²) in [6, 6.07) is 15.0. The maximum Gasteiger partial charge on any atom is 0.242 e. The first-order valence-electron chi connectivity index (χ1n) is 13.4. The molecule has 0 saturated carbocycles. The standard InChI is InChI=1S/C31H32Cl2FN3O4/c1-30(2,3)16-24-31(21-12-7-17(32)15-23(21)36-29(31)40)25(20-5-4-6-22(33)26(20)34)27(37-24)28(39)35-18-8-10-19(11-9-18)41-14-13-38/h4-12,15,24-25,27,37-38H,13-14,16H2,1-3H3,(H,35,39)(H,36,40). The molecule has 2 aliphatic rings. The third-order valence-corrected chi connectivity index (χ3v) is 8.23. The van der Waals surface area contributed by atoms with Crippen LogP contribution in [0.15, 0.2) is 60.7 Å². The van der Waals surface area contributed by atoms with Crippen molar-refractivity contribution in [2.45, 2.75) is 50.6 Å². The first-order chi connectivity index (χ1) is 19.5. The largest absolute Gasteiger partial charge is 0.491 e. The minimum atomic E-state index is -1.33. The lowest BCUT2D eigenvalue weighted by atomic mass is 9.62. The van der Waals surface area contributed by atoms with E-state index < -0.39 is 35.1 Å². The zero-order valence-corrected chi connectivity index (χ0v) is 24.4. The summed E-state index contributed by atoms with van der Waals surface area (Å²) < 4.78 is 21.3. The van der Waals surface area contributed by atoms with E-state index in [1.807, 2.05) is 0 Å². The molecule has 7 nitrogen and oxygen atoms in total. The molecule has 10 heteroatoms. The highest BCUT2D eigenvalue weighted by Gasteiger charge is 2.66. The third kappa shape index (κ3) is 5.42. The molecule has 216 valence electrons. The molecule has 41 heavy (non-hydrogen) atoms. The number of hydrogen-bond acceptors (Lipinski definition) is 5. The van der Waals surface area contributed by atoms with Crippen molar-refractivity contribution in [3.63, 3.8) is 0 Å². The Morgan fingerprint density at radius 1 is 1.12 bits per heavy atom. The highest BCUT2D eigenvalue weighted by atomic mass is 35.5. The second-order valence-corrected chi connectivity index (χ2v) is 12.5. The van der Waals surface area contributed by atoms with Crippen molar-refractivity contribution in [1.29, 1.82) is 0 Å². The van der Waals surface area contributed by atoms with Crippen LogP contribution in [0.4, 0.5) is 15.8 Å². The van der Waals surface area contributed by atoms with Crippen molar-refractivity contribution in [3.05, 3.63) is 87.7 Å². The molecule has 4 unspecified atom stereocenters. The van der Waals surface area contributed by atoms with Crippen LogP contribution in [0.3, 0.4) is 0 Å². The summed E-state index contributed by atoms with van der Waals surface area (Å²) in [5.74, 6) is -1.83. The van der Waals surface area contributed by atoms with Crippen LogP contribution in [-0.4, -0.2) is 42.2 Å². The van der Waals surface area contributed by atoms with Crippen LogP contribution in [0.1, 0.15) is 44.2 Å². The number of carbonyl (C=O) groups excluding carboxylic acids is 2. The lowest BCUT2D eigenvalue weighted by Crippen LogP contribution is -2.49. The summed E-state index contributed by atoms with van der Waals surface area (Å²) in [4.78, 5) is 28.2. The summed E-state index contributed by atoms with van der Waals surface area (Å²) in [7, 11) is 0. The number of amides is 2. The molecule has 4 N–H and O–H groups in total. The van der Waals surface area contributed by atoms with Gasteiger partial charge in [0.05, 0.1) is 17.7 Å². The number of carbonyl (C=O) groups is 2. The second-order valence-electron chi connectivity index (χ2n) is 11.7. The molecule has 5 rings (SSSR count). The van der Waals surface area contributed by atoms with Crippen molar-refractivity contribution < 1.29 is 23.8 Å². The normalized spacial score (nSPS) is 23.4. The van der Waals surface area contributed by atoms with Gasteiger partial charge in [-0.1, -0.05) is 62.2 Å². The van der Waals surface area contributed by atoms with Gasteiger partial charge in [0.15, 0.2) is 0 Å². The fraction of sp³-hybridized carbons (Fsp3) is 0.355. The van der Waals surface area contributed by atoms with Gasteiger partial charge in [-0.3, -0.25) is 9.59 Å². The number of nitrogens with one attached hydrogen (secondary N) is 3. The van der Waals surface area contributed by atoms with E-state index in [0.717, 1.165) is 0 Å². The van der Waals surface area contributed by atoms with Crippen molar-refractivity contribution in [2.75, 3.05) is 23.8 Å². The van der Waals surface area contributed by atoms with E-state index in [1.54, 1.807) is 54.6 Å². The Balaban J connectivity index is 1.64. The quantitative estimate of drug-likeness (QED) is 0.271. The average Bonchev–Trinajstić information content (AvgIpc) is 3.38. The lowest BCUT2D eigenvalue weighted by Gasteiger charge is -2.37. The van der Waals surface area contributed by atoms with Crippen LogP contribution in [0.5, 0.6) is 5.75 Å². The van der Waals surface area contributed by atoms with Gasteiger partial charge >= 0.3 is 0 Å². The van der Waals surface area contributed by atoms with E-state index >= 15 is 4.39 Å². The predicted octanol–water partition coefficient (Wildman–Crippen LogP) is 5.89. The van der Waals surface area contributed by atoms with Gasteiger partial charge < -0.3 is 25.8 Å². The smallest absolute Gasteiger partial charge is 0.242 e. The molecule has 2 amide bonds. The van der Waals surface area contributed by atoms with E-state index in [2.05, 4.69) is 36.7 Å². The monoisotopic (exact) mass is 599 g/mol. The van der Waals surface area contributed by atoms with E-state index in [9.17, 15) is 9.59 Å². The minimum Gasteiger partial charge on any atom is -0.491 e. The van der Waals surface area contributed by atoms with Crippen molar-refractivity contribution in [3.8, 4) is 5.75 Å². The van der Waals surface area contributed by atoms with E-state index in [4.69, 9.17) is 33.0 Å². The van der Waals surface area contributed by atoms with Crippen LogP contribution < -0.4 is 20.7 Å². The Hall–Kier alpha value is -3.17. The van der Waals surface area contributed by atoms with Gasteiger partial charge in [0.2, 0.25) is 11.8 Å². The topological polar surface area (TPSA) is 99.7 Å². The number of fused-ring (bicyclic) bond motifs is 2. The number of aliphatic hydroxyl groups excluding tert-OH is 1. The summed E-state index contributed by atoms with van der Waals surface area (Å²) in [5, 5.41) is 18.7. The van der Waals surface area contributed by atoms with Crippen molar-refractivity contribution in [2.24, 2.45) is 5.41 Å². The Kier molecular flexibility index (Phi) is 8.05. The third-order valence-electron chi connectivity index (χ3n) is 7.70. The number of anilines is 2. The molecule has 4 atom stereocenters. The number of benzene rings is 3. The molecule has 0 radical (unpaired) electrons. The highest BCUT2D eigenvalue weighted by Crippen LogP contribution is 2.57. The molecular formula is C31H32Cl2FN3O4. The molecule has 1 spiro atoms. The Morgan fingerprint density at radius 3 is 2.54 bits per heavy atom. The molecule has 2 heterocycles. The van der Waals surface area contributed by atoms with Gasteiger partial charge in [0.1, 0.15) is 23.6 Å². The molecule has 0 aliphatic carbocycles. The molecule has 1 saturated heterocycles. The summed E-state index contributed by atoms with van der Waals surface area (Å²) in [6.45, 7) is 6.20. The lowest BCUT2D eigenvalue weighted by molar-refractivity contribution is -0.122. The van der Waals surface area contributed by atoms with E-state index in [1.165, 1.54) is 6.07 Å². The number of hydrogen-bond donors (Lipinski definition) is 4. The minimum absolute atomic E-state index is 0.0933. The predicted molar refractivity (Wildman–Crippen MR) is 158 cm³/mol. The number of halogens is 3. The van der Waals surface area contributed by atoms with Gasteiger partial charge in [-0.25, -0.2) is 4.39 Å². The van der Waals surface area contributed by atoms with Crippen LogP contribution in [0.2, 0.25) is 10.0 Å². The molecule has 3 aromatic carbocycles. The number of ether oxygens (including phenoxy) is 1. The molecule has 1 fully saturated rings. The molecule has 0 bridgehead atoms. The first kappa shape index (κ1) is 29.3. The Bertz CT molecular complexity index is 1480. The fourth-order valence-corrected chi connectivity index (χ4v) is 6.52. The molecular weight excluding hydrogens is 568 g/mol. The van der Waals surface area contributed by atoms with Crippen LogP contribution in [-0.2, 0) is 15.0 Å². The van der Waals surface area contributed by atoms with Crippen LogP contribution in [0, 0.1) is 11.2 Å². The van der Waals surface area contributed by atoms with E-state index in [0.29, 0.717) is 34.1 Å². The molecule has 2 aliphatic heterocycles. The van der Waals surface area contributed by atoms with Crippen molar-refractivity contribution in [1.82, 2.24) is 5.32 Å². The van der Waals surface area contributed by atoms with Gasteiger partial charge in [-0.2, -0.15) is 0 Å². The molecule has 0 aromatic heterocycles. The zero-order valence-electron chi connectivity index (χ0n) is 22.9. The van der Waals surface area contributed by atoms with Crippen LogP contribution >= 0.6 is 23.2 Å². The number of rotatable bonds is 7. The Labute approximate surface area is 248 Å². The molecule has 3 aromatic rings. The number of aliphatic hydroxyl groups is 1. The summed E-state index contributed by atoms with van der Waals surface area (Å²) in [6.07, 6.45) is 0.516. The van der Waals surface area contributed by atoms with Crippen molar-refractivity contribution >= 4 is 46.4 Å². The van der Waals surface area contributed by atoms with E-state index in [-0.39, 0.29) is 35.1 Å². The maximum atomic E-state index is 15.9. The highest BCUT2D eigenvalue weighted by molar-refractivity contribution is 6.31. The van der Waals surface area contributed by atoms with Gasteiger partial charge in [0.25, 0.3) is 0 Å². The van der Waals surface area contributed by atoms with Gasteiger partial charge in [0, 0.05) is 28.4 Å². The summed E-state index contributed by atoms with van der Waals surface area (Å²) in [5.41, 5.74) is 0.284. The second kappa shape index (κ2) is 11.2. The maximum absolute atomic E-state index is 15.9. The SMILES string of the molecule is CC(C)(C)CC1NC(C(=O)Nc2ccc(OCCO)cc2)C(c2cccc(Cl)c2F)C12C(=O)Nc1cc(Cl)ccc12. The van der Waals surface area contributed by atoms with Gasteiger partial charge in [-0.15, -0.1) is 0 Å². The van der Waals surface area contributed by atoms with Gasteiger partial charge in [-0.05, 0) is 65.4 Å². The Morgan fingerprint density at radius 2 is 1.85 bits per heavy atom. The first-order valence-corrected chi connectivity index (χ1v) is 14.2. The fourth-order valence-electron chi connectivity index (χ4n) is 6.17. The summed E-state index contributed by atoms with van der Waals surface area (Å²) >= 11 is 12.5. The average molecular weight is 601 g/mol.